The lowest BCUT2D eigenvalue weighted by Crippen LogP contribution is -2.46. The number of nitrogens with one attached hydrogen (secondary N) is 3. The minimum absolute atomic E-state index is 0.311. The fraction of sp³-hybridized carbons (Fsp3) is 0.778. The molecule has 1 fully saturated rings. The normalized spacial score (nSPS) is 26.9. The molecular weight excluding hydrogens is 304 g/mol. The van der Waals surface area contributed by atoms with Crippen LogP contribution in [0.5, 0.6) is 0 Å². The third-order valence-electron chi connectivity index (χ3n) is 5.03. The molecule has 1 heterocycles. The van der Waals surface area contributed by atoms with Gasteiger partial charge >= 0.3 is 6.09 Å². The quantitative estimate of drug-likeness (QED) is 0.791. The summed E-state index contributed by atoms with van der Waals surface area (Å²) < 4.78 is 5.33. The van der Waals surface area contributed by atoms with Gasteiger partial charge in [0.25, 0.3) is 0 Å². The smallest absolute Gasteiger partial charge is 0.407 e. The van der Waals surface area contributed by atoms with Crippen molar-refractivity contribution in [1.82, 2.24) is 20.8 Å². The standard InChI is InChI=1S/C18H30N4O2/c1-18(2,3)24-17(23)19-10-12-5-4-6-15(12)21-14-7-8-16-13(9-14)11-20-22-16/h11-12,14-15,21H,4-10H2,1-3H3,(H,19,23)(H,20,22). The van der Waals surface area contributed by atoms with Gasteiger partial charge in [-0.05, 0) is 64.4 Å². The van der Waals surface area contributed by atoms with Crippen molar-refractivity contribution in [2.45, 2.75) is 77.0 Å². The Hall–Kier alpha value is -1.56. The summed E-state index contributed by atoms with van der Waals surface area (Å²) in [6.07, 6.45) is 8.50. The highest BCUT2D eigenvalue weighted by Crippen LogP contribution is 2.27. The zero-order chi connectivity index (χ0) is 17.2. The Labute approximate surface area is 144 Å². The average molecular weight is 334 g/mol. The summed E-state index contributed by atoms with van der Waals surface area (Å²) in [7, 11) is 0. The first-order valence-corrected chi connectivity index (χ1v) is 9.15. The molecule has 0 spiro atoms. The molecule has 3 N–H and O–H groups in total. The summed E-state index contributed by atoms with van der Waals surface area (Å²) in [4.78, 5) is 11.9. The number of rotatable bonds is 4. The van der Waals surface area contributed by atoms with E-state index in [9.17, 15) is 4.79 Å². The second-order valence-electron chi connectivity index (χ2n) is 8.16. The van der Waals surface area contributed by atoms with E-state index >= 15 is 0 Å². The lowest BCUT2D eigenvalue weighted by atomic mass is 9.92. The van der Waals surface area contributed by atoms with Crippen LogP contribution in [0.1, 0.15) is 57.7 Å². The van der Waals surface area contributed by atoms with E-state index in [0.29, 0.717) is 24.5 Å². The van der Waals surface area contributed by atoms with Gasteiger partial charge in [0.2, 0.25) is 0 Å². The van der Waals surface area contributed by atoms with Crippen LogP contribution in [0.2, 0.25) is 0 Å². The Kier molecular flexibility index (Phi) is 5.13. The minimum Gasteiger partial charge on any atom is -0.444 e. The molecular formula is C18H30N4O2. The monoisotopic (exact) mass is 334 g/mol. The van der Waals surface area contributed by atoms with Crippen LogP contribution in [0, 0.1) is 5.92 Å². The van der Waals surface area contributed by atoms with E-state index in [1.54, 1.807) is 0 Å². The van der Waals surface area contributed by atoms with Gasteiger partial charge in [0.05, 0.1) is 6.20 Å². The largest absolute Gasteiger partial charge is 0.444 e. The lowest BCUT2D eigenvalue weighted by Gasteiger charge is -2.30. The predicted octanol–water partition coefficient (Wildman–Crippen LogP) is 2.55. The predicted molar refractivity (Wildman–Crippen MR) is 92.9 cm³/mol. The SMILES string of the molecule is CC(C)(C)OC(=O)NCC1CCCC1NC1CCc2[nH]ncc2C1. The molecule has 0 bridgehead atoms. The molecule has 0 aliphatic heterocycles. The summed E-state index contributed by atoms with van der Waals surface area (Å²) in [5.74, 6) is 0.489. The summed E-state index contributed by atoms with van der Waals surface area (Å²) in [5, 5.41) is 14.0. The van der Waals surface area contributed by atoms with Crippen LogP contribution in [0.25, 0.3) is 0 Å². The third-order valence-corrected chi connectivity index (χ3v) is 5.03. The first-order valence-electron chi connectivity index (χ1n) is 9.15. The number of aromatic nitrogens is 2. The molecule has 3 rings (SSSR count). The molecule has 3 unspecified atom stereocenters. The Morgan fingerprint density at radius 1 is 1.38 bits per heavy atom. The van der Waals surface area contributed by atoms with Crippen LogP contribution in [-0.2, 0) is 17.6 Å². The first kappa shape index (κ1) is 17.3. The van der Waals surface area contributed by atoms with Gasteiger partial charge in [-0.1, -0.05) is 6.42 Å². The lowest BCUT2D eigenvalue weighted by molar-refractivity contribution is 0.0517. The third kappa shape index (κ3) is 4.50. The van der Waals surface area contributed by atoms with Gasteiger partial charge in [-0.2, -0.15) is 5.10 Å². The topological polar surface area (TPSA) is 79.0 Å². The molecule has 2 aliphatic carbocycles. The van der Waals surface area contributed by atoms with E-state index in [1.807, 2.05) is 27.0 Å². The number of H-pyrrole nitrogens is 1. The molecule has 2 aliphatic rings. The van der Waals surface area contributed by atoms with Crippen LogP contribution in [0.3, 0.4) is 0 Å². The number of amides is 1. The highest BCUT2D eigenvalue weighted by Gasteiger charge is 2.31. The summed E-state index contributed by atoms with van der Waals surface area (Å²) in [6, 6.07) is 1.00. The van der Waals surface area contributed by atoms with Crippen molar-refractivity contribution in [2.24, 2.45) is 5.92 Å². The van der Waals surface area contributed by atoms with Gasteiger partial charge < -0.3 is 15.4 Å². The molecule has 1 aromatic rings. The number of aromatic amines is 1. The number of fused-ring (bicyclic) bond motifs is 1. The Morgan fingerprint density at radius 2 is 2.21 bits per heavy atom. The van der Waals surface area contributed by atoms with Crippen LogP contribution in [-0.4, -0.2) is 40.5 Å². The number of carbonyl (C=O) groups excluding carboxylic acids is 1. The van der Waals surface area contributed by atoms with E-state index in [-0.39, 0.29) is 6.09 Å². The summed E-state index contributed by atoms with van der Waals surface area (Å²) >= 11 is 0. The molecule has 1 amide bonds. The second-order valence-corrected chi connectivity index (χ2v) is 8.16. The number of nitrogens with zero attached hydrogens (tertiary/aromatic N) is 1. The van der Waals surface area contributed by atoms with Crippen LogP contribution in [0.4, 0.5) is 4.79 Å². The van der Waals surface area contributed by atoms with Crippen molar-refractivity contribution < 1.29 is 9.53 Å². The Bertz CT molecular complexity index is 564. The number of hydrogen-bond donors (Lipinski definition) is 3. The van der Waals surface area contributed by atoms with Crippen LogP contribution < -0.4 is 10.6 Å². The van der Waals surface area contributed by atoms with Gasteiger partial charge in [0, 0.05) is 24.3 Å². The molecule has 0 saturated heterocycles. The van der Waals surface area contributed by atoms with Crippen molar-refractivity contribution >= 4 is 6.09 Å². The Balaban J connectivity index is 1.47. The minimum atomic E-state index is -0.443. The molecule has 134 valence electrons. The number of ether oxygens (including phenoxy) is 1. The maximum atomic E-state index is 11.9. The van der Waals surface area contributed by atoms with Crippen molar-refractivity contribution in [3.8, 4) is 0 Å². The molecule has 0 radical (unpaired) electrons. The van der Waals surface area contributed by atoms with E-state index < -0.39 is 5.60 Å². The van der Waals surface area contributed by atoms with Gasteiger partial charge in [0.1, 0.15) is 5.60 Å². The average Bonchev–Trinajstić information content (AvgIpc) is 3.12. The number of aryl methyl sites for hydroxylation is 1. The van der Waals surface area contributed by atoms with Crippen molar-refractivity contribution in [3.05, 3.63) is 17.5 Å². The molecule has 6 heteroatoms. The summed E-state index contributed by atoms with van der Waals surface area (Å²) in [5.41, 5.74) is 2.20. The van der Waals surface area contributed by atoms with E-state index in [0.717, 1.165) is 25.7 Å². The molecule has 6 nitrogen and oxygen atoms in total. The highest BCUT2D eigenvalue weighted by atomic mass is 16.6. The fourth-order valence-electron chi connectivity index (χ4n) is 3.89. The van der Waals surface area contributed by atoms with Crippen LogP contribution in [0.15, 0.2) is 6.20 Å². The van der Waals surface area contributed by atoms with Gasteiger partial charge in [-0.25, -0.2) is 4.79 Å². The van der Waals surface area contributed by atoms with Gasteiger partial charge in [-0.3, -0.25) is 5.10 Å². The number of alkyl carbamates (subject to hydrolysis) is 1. The van der Waals surface area contributed by atoms with Crippen LogP contribution >= 0.6 is 0 Å². The van der Waals surface area contributed by atoms with Gasteiger partial charge in [0.15, 0.2) is 0 Å². The van der Waals surface area contributed by atoms with Crippen molar-refractivity contribution in [3.63, 3.8) is 0 Å². The molecule has 0 aromatic carbocycles. The fourth-order valence-corrected chi connectivity index (χ4v) is 3.89. The maximum Gasteiger partial charge on any atom is 0.407 e. The zero-order valence-corrected chi connectivity index (χ0v) is 15.0. The second kappa shape index (κ2) is 7.13. The molecule has 1 saturated carbocycles. The van der Waals surface area contributed by atoms with E-state index in [4.69, 9.17) is 4.74 Å². The van der Waals surface area contributed by atoms with E-state index in [2.05, 4.69) is 20.8 Å². The zero-order valence-electron chi connectivity index (χ0n) is 15.0. The summed E-state index contributed by atoms with van der Waals surface area (Å²) in [6.45, 7) is 6.36. The highest BCUT2D eigenvalue weighted by molar-refractivity contribution is 5.67. The molecule has 1 aromatic heterocycles. The Morgan fingerprint density at radius 3 is 3.00 bits per heavy atom. The first-order chi connectivity index (χ1) is 11.4. The number of hydrogen-bond acceptors (Lipinski definition) is 4. The number of carbonyl (C=O) groups is 1. The maximum absolute atomic E-state index is 11.9. The van der Waals surface area contributed by atoms with Crippen molar-refractivity contribution in [1.29, 1.82) is 0 Å². The van der Waals surface area contributed by atoms with Gasteiger partial charge in [-0.15, -0.1) is 0 Å². The van der Waals surface area contributed by atoms with E-state index in [1.165, 1.54) is 24.1 Å². The molecule has 3 atom stereocenters. The molecule has 24 heavy (non-hydrogen) atoms. The van der Waals surface area contributed by atoms with Crippen molar-refractivity contribution in [2.75, 3.05) is 6.54 Å².